The van der Waals surface area contributed by atoms with Crippen molar-refractivity contribution in [2.24, 2.45) is 0 Å². The summed E-state index contributed by atoms with van der Waals surface area (Å²) in [6.07, 6.45) is 1.44. The molecule has 1 fully saturated rings. The molecule has 1 heterocycles. The van der Waals surface area contributed by atoms with Crippen molar-refractivity contribution in [3.63, 3.8) is 0 Å². The molecular formula is C24H33ClN6O4S. The predicted molar refractivity (Wildman–Crippen MR) is 143 cm³/mol. The van der Waals surface area contributed by atoms with Gasteiger partial charge in [-0.2, -0.15) is 0 Å². The maximum absolute atomic E-state index is 13.5. The van der Waals surface area contributed by atoms with E-state index in [9.17, 15) is 18.0 Å². The molecule has 1 unspecified atom stereocenters. The SMILES string of the molecule is CNCCNC(=O)NC(Cc1ccc(Cl)cc1)C(=O)N1CCN(c2ccccc2NS(C)(=O)=O)CC1. The number of amides is 3. The number of carbonyl (C=O) groups excluding carboxylic acids is 2. The Morgan fingerprint density at radius 1 is 1.00 bits per heavy atom. The first kappa shape index (κ1) is 27.6. The van der Waals surface area contributed by atoms with E-state index in [1.807, 2.05) is 29.2 Å². The van der Waals surface area contributed by atoms with Gasteiger partial charge in [0.2, 0.25) is 15.9 Å². The Bertz CT molecular complexity index is 1140. The van der Waals surface area contributed by atoms with Crippen LogP contribution in [-0.2, 0) is 21.2 Å². The van der Waals surface area contributed by atoms with Crippen molar-refractivity contribution >= 4 is 44.9 Å². The number of carbonyl (C=O) groups is 2. The lowest BCUT2D eigenvalue weighted by atomic mass is 10.0. The highest BCUT2D eigenvalue weighted by Gasteiger charge is 2.29. The third-order valence-electron chi connectivity index (χ3n) is 5.75. The molecule has 196 valence electrons. The second-order valence-corrected chi connectivity index (χ2v) is 10.8. The van der Waals surface area contributed by atoms with Crippen LogP contribution in [0, 0.1) is 0 Å². The molecule has 0 bridgehead atoms. The number of hydrogen-bond donors (Lipinski definition) is 4. The lowest BCUT2D eigenvalue weighted by Gasteiger charge is -2.38. The zero-order chi connectivity index (χ0) is 26.1. The zero-order valence-corrected chi connectivity index (χ0v) is 22.0. The molecule has 0 aromatic heterocycles. The van der Waals surface area contributed by atoms with Crippen LogP contribution in [0.2, 0.25) is 5.02 Å². The maximum Gasteiger partial charge on any atom is 0.315 e. The molecule has 1 saturated heterocycles. The lowest BCUT2D eigenvalue weighted by molar-refractivity contribution is -0.133. The zero-order valence-electron chi connectivity index (χ0n) is 20.5. The van der Waals surface area contributed by atoms with Crippen molar-refractivity contribution in [1.29, 1.82) is 0 Å². The van der Waals surface area contributed by atoms with Gasteiger partial charge >= 0.3 is 6.03 Å². The van der Waals surface area contributed by atoms with Crippen LogP contribution in [-0.4, -0.2) is 83.9 Å². The predicted octanol–water partition coefficient (Wildman–Crippen LogP) is 1.49. The molecule has 1 aliphatic rings. The summed E-state index contributed by atoms with van der Waals surface area (Å²) in [6.45, 7) is 2.97. The van der Waals surface area contributed by atoms with E-state index in [1.54, 1.807) is 36.2 Å². The molecule has 2 aromatic rings. The van der Waals surface area contributed by atoms with E-state index in [1.165, 1.54) is 0 Å². The van der Waals surface area contributed by atoms with Gasteiger partial charge in [0.25, 0.3) is 0 Å². The molecule has 0 saturated carbocycles. The van der Waals surface area contributed by atoms with Gasteiger partial charge in [-0.1, -0.05) is 35.9 Å². The van der Waals surface area contributed by atoms with Gasteiger partial charge in [-0.25, -0.2) is 13.2 Å². The first-order valence-electron chi connectivity index (χ1n) is 11.7. The Labute approximate surface area is 217 Å². The topological polar surface area (TPSA) is 123 Å². The second-order valence-electron chi connectivity index (χ2n) is 8.59. The van der Waals surface area contributed by atoms with E-state index in [0.717, 1.165) is 17.5 Å². The standard InChI is InChI=1S/C24H33ClN6O4S/c1-26-11-12-27-24(33)28-21(17-18-7-9-19(25)10-8-18)23(32)31-15-13-30(14-16-31)22-6-4-3-5-20(22)29-36(2,34)35/h3-10,21,26,29H,11-17H2,1-2H3,(H2,27,28,33). The molecule has 10 nitrogen and oxygen atoms in total. The fraction of sp³-hybridized carbons (Fsp3) is 0.417. The monoisotopic (exact) mass is 536 g/mol. The Morgan fingerprint density at radius 3 is 2.31 bits per heavy atom. The number of sulfonamides is 1. The van der Waals surface area contributed by atoms with Crippen LogP contribution in [0.4, 0.5) is 16.2 Å². The van der Waals surface area contributed by atoms with Crippen LogP contribution in [0.1, 0.15) is 5.56 Å². The van der Waals surface area contributed by atoms with Gasteiger partial charge in [0.15, 0.2) is 0 Å². The highest BCUT2D eigenvalue weighted by atomic mass is 35.5. The summed E-state index contributed by atoms with van der Waals surface area (Å²) in [4.78, 5) is 29.7. The summed E-state index contributed by atoms with van der Waals surface area (Å²) >= 11 is 6.00. The van der Waals surface area contributed by atoms with Crippen LogP contribution < -0.4 is 25.6 Å². The maximum atomic E-state index is 13.5. The van der Waals surface area contributed by atoms with Crippen LogP contribution in [0.5, 0.6) is 0 Å². The Morgan fingerprint density at radius 2 is 1.67 bits per heavy atom. The van der Waals surface area contributed by atoms with E-state index in [4.69, 9.17) is 11.6 Å². The molecule has 36 heavy (non-hydrogen) atoms. The number of para-hydroxylation sites is 2. The molecule has 2 aromatic carbocycles. The van der Waals surface area contributed by atoms with Crippen molar-refractivity contribution in [2.75, 3.05) is 62.2 Å². The lowest BCUT2D eigenvalue weighted by Crippen LogP contribution is -2.57. The highest BCUT2D eigenvalue weighted by molar-refractivity contribution is 7.92. The minimum absolute atomic E-state index is 0.170. The molecule has 1 atom stereocenters. The number of nitrogens with zero attached hydrogens (tertiary/aromatic N) is 2. The second kappa shape index (κ2) is 12.8. The minimum Gasteiger partial charge on any atom is -0.366 e. The van der Waals surface area contributed by atoms with Gasteiger partial charge < -0.3 is 25.8 Å². The third kappa shape index (κ3) is 8.28. The number of piperazine rings is 1. The highest BCUT2D eigenvalue weighted by Crippen LogP contribution is 2.27. The van der Waals surface area contributed by atoms with Gasteiger partial charge in [-0.05, 0) is 36.9 Å². The Balaban J connectivity index is 1.68. The normalized spacial score (nSPS) is 14.8. The van der Waals surface area contributed by atoms with Crippen molar-refractivity contribution in [2.45, 2.75) is 12.5 Å². The average molecular weight is 537 g/mol. The number of urea groups is 1. The van der Waals surface area contributed by atoms with Crippen molar-refractivity contribution in [3.8, 4) is 0 Å². The molecule has 0 aliphatic carbocycles. The minimum atomic E-state index is -3.43. The molecule has 0 radical (unpaired) electrons. The van der Waals surface area contributed by atoms with E-state index in [-0.39, 0.29) is 5.91 Å². The summed E-state index contributed by atoms with van der Waals surface area (Å²) in [5.74, 6) is -0.170. The molecular weight excluding hydrogens is 504 g/mol. The first-order valence-corrected chi connectivity index (χ1v) is 14.0. The number of anilines is 2. The van der Waals surface area contributed by atoms with Gasteiger partial charge in [-0.3, -0.25) is 9.52 Å². The van der Waals surface area contributed by atoms with Crippen molar-refractivity contribution in [1.82, 2.24) is 20.9 Å². The van der Waals surface area contributed by atoms with Crippen LogP contribution in [0.25, 0.3) is 0 Å². The largest absolute Gasteiger partial charge is 0.366 e. The summed E-state index contributed by atoms with van der Waals surface area (Å²) in [5, 5.41) is 9.13. The molecule has 3 rings (SSSR count). The smallest absolute Gasteiger partial charge is 0.315 e. The van der Waals surface area contributed by atoms with Crippen molar-refractivity contribution in [3.05, 3.63) is 59.1 Å². The van der Waals surface area contributed by atoms with E-state index in [0.29, 0.717) is 56.4 Å². The van der Waals surface area contributed by atoms with E-state index < -0.39 is 22.1 Å². The molecule has 1 aliphatic heterocycles. The number of nitrogens with one attached hydrogen (secondary N) is 4. The summed E-state index contributed by atoms with van der Waals surface area (Å²) in [5.41, 5.74) is 2.14. The summed E-state index contributed by atoms with van der Waals surface area (Å²) < 4.78 is 26.1. The fourth-order valence-corrected chi connectivity index (χ4v) is 4.69. The van der Waals surface area contributed by atoms with E-state index in [2.05, 4.69) is 20.7 Å². The number of halogens is 1. The fourth-order valence-electron chi connectivity index (χ4n) is 3.99. The van der Waals surface area contributed by atoms with Crippen molar-refractivity contribution < 1.29 is 18.0 Å². The summed E-state index contributed by atoms with van der Waals surface area (Å²) in [6, 6.07) is 13.2. The van der Waals surface area contributed by atoms with Gasteiger partial charge in [0.05, 0.1) is 17.6 Å². The van der Waals surface area contributed by atoms with Gasteiger partial charge in [0, 0.05) is 50.7 Å². The quantitative estimate of drug-likeness (QED) is 0.341. The Hall–Kier alpha value is -3.02. The molecule has 4 N–H and O–H groups in total. The number of rotatable bonds is 10. The molecule has 12 heteroatoms. The first-order chi connectivity index (χ1) is 17.2. The Kier molecular flexibility index (Phi) is 9.80. The average Bonchev–Trinajstić information content (AvgIpc) is 2.84. The van der Waals surface area contributed by atoms with E-state index >= 15 is 0 Å². The molecule has 0 spiro atoms. The van der Waals surface area contributed by atoms with Crippen LogP contribution in [0.15, 0.2) is 48.5 Å². The van der Waals surface area contributed by atoms with Gasteiger partial charge in [0.1, 0.15) is 6.04 Å². The third-order valence-corrected chi connectivity index (χ3v) is 6.59. The number of hydrogen-bond acceptors (Lipinski definition) is 6. The molecule has 3 amide bonds. The number of likely N-dealkylation sites (N-methyl/N-ethyl adjacent to an activating group) is 1. The van der Waals surface area contributed by atoms with Crippen LogP contribution in [0.3, 0.4) is 0 Å². The van der Waals surface area contributed by atoms with Crippen LogP contribution >= 0.6 is 11.6 Å². The summed E-state index contributed by atoms with van der Waals surface area (Å²) in [7, 11) is -1.63. The van der Waals surface area contributed by atoms with Gasteiger partial charge in [-0.15, -0.1) is 0 Å². The number of benzene rings is 2.